The van der Waals surface area contributed by atoms with Crippen LogP contribution in [0.5, 0.6) is 17.2 Å². The molecule has 0 atom stereocenters. The van der Waals surface area contributed by atoms with E-state index in [1.807, 2.05) is 36.4 Å². The average molecular weight is 1250 g/mol. The quantitative estimate of drug-likeness (QED) is 0.0145. The van der Waals surface area contributed by atoms with Crippen LogP contribution in [-0.2, 0) is 32.5 Å². The molecule has 0 unspecified atom stereocenters. The number of thioether (sulfide) groups is 3. The van der Waals surface area contributed by atoms with Gasteiger partial charge in [-0.05, 0) is 88.2 Å². The average Bonchev–Trinajstić information content (AvgIpc) is 0.967. The first-order valence-electron chi connectivity index (χ1n) is 32.9. The summed E-state index contributed by atoms with van der Waals surface area (Å²) in [6.07, 6.45) is 22.8. The van der Waals surface area contributed by atoms with Gasteiger partial charge in [0.1, 0.15) is 17.2 Å². The molecule has 0 aliphatic rings. The lowest BCUT2D eigenvalue weighted by molar-refractivity contribution is 0.422. The van der Waals surface area contributed by atoms with Crippen molar-refractivity contribution in [2.75, 3.05) is 33.2 Å². The molecule has 12 nitrogen and oxygen atoms in total. The highest BCUT2D eigenvalue weighted by molar-refractivity contribution is 7.99. The van der Waals surface area contributed by atoms with Crippen molar-refractivity contribution in [3.05, 3.63) is 69.8 Å². The normalized spacial score (nSPS) is 12.5. The van der Waals surface area contributed by atoms with Gasteiger partial charge in [-0.2, -0.15) is 29.9 Å². The standard InChI is InChI=1S/C39H61N5O2S.C33H56N4OS2/c1-14-15-16-17-18-19-20-47-35-43-33(40-25-21-27(36(2,3)4)31(45)28(22-25)37(5,6)7)42-34(44-35)41-26-23-29(38(8,9)10)32(46)30(24-26)39(11,12)13;1-9-11-13-15-17-19-21-39-30-35-29(36-31(37-30)40-22-20-18-16-14-12-10-2)34-25-23-26(32(3,4)5)28(38)27(24-25)33(6,7)8/h21-24,45-46H,14-20H2,1-13H3,(H2,40,41,42,43,44);23-24,38H,9-22H2,1-8H3,(H,34,35,36,37). The van der Waals surface area contributed by atoms with E-state index >= 15 is 0 Å². The summed E-state index contributed by atoms with van der Waals surface area (Å²) in [6.45, 7) is 44.8. The summed E-state index contributed by atoms with van der Waals surface area (Å²) in [6, 6.07) is 12.1. The Labute approximate surface area is 541 Å². The van der Waals surface area contributed by atoms with Gasteiger partial charge in [0.15, 0.2) is 15.5 Å². The number of aromatic nitrogens is 6. The van der Waals surface area contributed by atoms with E-state index in [-0.39, 0.29) is 32.5 Å². The van der Waals surface area contributed by atoms with Crippen molar-refractivity contribution in [3.8, 4) is 17.2 Å². The van der Waals surface area contributed by atoms with Gasteiger partial charge in [-0.3, -0.25) is 0 Å². The Balaban J connectivity index is 0.000000378. The third-order valence-electron chi connectivity index (χ3n) is 15.3. The molecule has 2 heterocycles. The number of nitrogens with zero attached hydrogens (tertiary/aromatic N) is 6. The highest BCUT2D eigenvalue weighted by atomic mass is 32.2. The second-order valence-electron chi connectivity index (χ2n) is 30.0. The largest absolute Gasteiger partial charge is 0.507 e. The Morgan fingerprint density at radius 2 is 0.483 bits per heavy atom. The number of phenolic OH excluding ortho intramolecular Hbond substituents is 3. The maximum Gasteiger partial charge on any atom is 0.233 e. The van der Waals surface area contributed by atoms with Crippen LogP contribution in [0, 0.1) is 0 Å². The van der Waals surface area contributed by atoms with E-state index in [9.17, 15) is 15.3 Å². The van der Waals surface area contributed by atoms with Gasteiger partial charge in [-0.25, -0.2) is 0 Å². The van der Waals surface area contributed by atoms with Crippen LogP contribution in [0.25, 0.3) is 0 Å². The molecule has 2 aromatic heterocycles. The van der Waals surface area contributed by atoms with Gasteiger partial charge in [0.05, 0.1) is 0 Å². The molecule has 5 rings (SSSR count). The van der Waals surface area contributed by atoms with E-state index in [0.717, 1.165) is 84.4 Å². The number of anilines is 6. The molecule has 486 valence electrons. The highest BCUT2D eigenvalue weighted by Gasteiger charge is 2.30. The Kier molecular flexibility index (Phi) is 29.4. The molecule has 0 aliphatic heterocycles. The zero-order valence-corrected chi connectivity index (χ0v) is 60.5. The Hall–Kier alpha value is -4.47. The molecule has 0 radical (unpaired) electrons. The molecule has 6 N–H and O–H groups in total. The van der Waals surface area contributed by atoms with Crippen LogP contribution in [0.15, 0.2) is 51.9 Å². The molecule has 0 fully saturated rings. The van der Waals surface area contributed by atoms with Crippen LogP contribution in [0.1, 0.15) is 294 Å². The maximum absolute atomic E-state index is 11.3. The molecule has 0 saturated carbocycles. The summed E-state index contributed by atoms with van der Waals surface area (Å²) in [5, 5.41) is 46.3. The lowest BCUT2D eigenvalue weighted by atomic mass is 9.79. The predicted molar refractivity (Wildman–Crippen MR) is 378 cm³/mol. The molecule has 3 aromatic carbocycles. The fourth-order valence-corrected chi connectivity index (χ4v) is 12.7. The third kappa shape index (κ3) is 25.4. The first-order valence-corrected chi connectivity index (χ1v) is 35.9. The van der Waals surface area contributed by atoms with Crippen LogP contribution in [0.2, 0.25) is 0 Å². The van der Waals surface area contributed by atoms with Crippen molar-refractivity contribution in [2.24, 2.45) is 0 Å². The van der Waals surface area contributed by atoms with Gasteiger partial charge >= 0.3 is 0 Å². The van der Waals surface area contributed by atoms with Crippen molar-refractivity contribution >= 4 is 70.2 Å². The van der Waals surface area contributed by atoms with Gasteiger partial charge in [0.25, 0.3) is 0 Å². The number of unbranched alkanes of at least 4 members (excludes halogenated alkanes) is 15. The van der Waals surface area contributed by atoms with E-state index in [2.05, 4.69) is 161 Å². The fourth-order valence-electron chi connectivity index (χ4n) is 10.1. The summed E-state index contributed by atoms with van der Waals surface area (Å²) in [5.41, 5.74) is 6.40. The number of nitrogens with one attached hydrogen (secondary N) is 3. The van der Waals surface area contributed by atoms with Gasteiger partial charge in [0, 0.05) is 67.7 Å². The molecule has 0 bridgehead atoms. The van der Waals surface area contributed by atoms with Crippen LogP contribution in [0.4, 0.5) is 34.9 Å². The van der Waals surface area contributed by atoms with Crippen molar-refractivity contribution in [2.45, 2.75) is 309 Å². The smallest absolute Gasteiger partial charge is 0.233 e. The van der Waals surface area contributed by atoms with Crippen molar-refractivity contribution < 1.29 is 15.3 Å². The molecular weight excluding hydrogens is 1140 g/mol. The number of rotatable bonds is 30. The van der Waals surface area contributed by atoms with Gasteiger partial charge < -0.3 is 31.3 Å². The third-order valence-corrected chi connectivity index (χ3v) is 18.1. The van der Waals surface area contributed by atoms with Gasteiger partial charge in [-0.15, -0.1) is 0 Å². The lowest BCUT2D eigenvalue weighted by Gasteiger charge is -2.28. The first-order chi connectivity index (χ1) is 40.6. The summed E-state index contributed by atoms with van der Waals surface area (Å²) in [5.74, 6) is 5.48. The first kappa shape index (κ1) is 75.0. The molecule has 5 aromatic rings. The summed E-state index contributed by atoms with van der Waals surface area (Å²) >= 11 is 5.12. The zero-order chi connectivity index (χ0) is 65.0. The van der Waals surface area contributed by atoms with E-state index < -0.39 is 0 Å². The van der Waals surface area contributed by atoms with Crippen LogP contribution in [0.3, 0.4) is 0 Å². The SMILES string of the molecule is CCCCCCCCSc1nc(Nc2cc(C(C)(C)C)c(O)c(C(C)(C)C)c2)nc(Nc2cc(C(C)(C)C)c(O)c(C(C)(C)C)c2)n1.CCCCCCCCSc1nc(Nc2cc(C(C)(C)C)c(O)c(C(C)(C)C)c2)nc(SCCCCCCCC)n1. The molecule has 87 heavy (non-hydrogen) atoms. The van der Waals surface area contributed by atoms with E-state index in [0.29, 0.717) is 40.2 Å². The van der Waals surface area contributed by atoms with Crippen LogP contribution >= 0.6 is 35.3 Å². The minimum absolute atomic E-state index is 0.197. The highest BCUT2D eigenvalue weighted by Crippen LogP contribution is 2.45. The zero-order valence-electron chi connectivity index (χ0n) is 58.1. The van der Waals surface area contributed by atoms with Gasteiger partial charge in [-0.1, -0.05) is 277 Å². The maximum atomic E-state index is 11.3. The summed E-state index contributed by atoms with van der Waals surface area (Å²) in [4.78, 5) is 29.0. The Morgan fingerprint density at radius 1 is 0.287 bits per heavy atom. The molecule has 15 heteroatoms. The lowest BCUT2D eigenvalue weighted by Crippen LogP contribution is -2.18. The number of hydrogen-bond acceptors (Lipinski definition) is 15. The molecule has 0 amide bonds. The monoisotopic (exact) mass is 1250 g/mol. The summed E-state index contributed by atoms with van der Waals surface area (Å²) in [7, 11) is 0. The molecule has 0 aliphatic carbocycles. The fraction of sp³-hybridized carbons (Fsp3) is 0.667. The van der Waals surface area contributed by atoms with Crippen molar-refractivity contribution in [1.82, 2.24) is 29.9 Å². The van der Waals surface area contributed by atoms with Crippen LogP contribution < -0.4 is 16.0 Å². The second kappa shape index (κ2) is 34.1. The van der Waals surface area contributed by atoms with E-state index in [1.165, 1.54) is 109 Å². The molecular formula is C72H117N9O3S3. The topological polar surface area (TPSA) is 174 Å². The molecule has 0 saturated heterocycles. The van der Waals surface area contributed by atoms with Crippen LogP contribution in [-0.4, -0.2) is 62.5 Å². The predicted octanol–water partition coefficient (Wildman–Crippen LogP) is 22.2. The number of phenols is 3. The Bertz CT molecular complexity index is 2660. The number of benzene rings is 3. The van der Waals surface area contributed by atoms with E-state index in [4.69, 9.17) is 29.9 Å². The number of aromatic hydroxyl groups is 3. The minimum atomic E-state index is -0.264. The summed E-state index contributed by atoms with van der Waals surface area (Å²) < 4.78 is 0. The molecule has 0 spiro atoms. The second-order valence-corrected chi connectivity index (χ2v) is 33.2. The minimum Gasteiger partial charge on any atom is -0.507 e. The van der Waals surface area contributed by atoms with E-state index in [1.54, 1.807) is 35.3 Å². The number of hydrogen-bond donors (Lipinski definition) is 6. The van der Waals surface area contributed by atoms with Crippen molar-refractivity contribution in [1.29, 1.82) is 0 Å². The Morgan fingerprint density at radius 3 is 0.701 bits per heavy atom. The van der Waals surface area contributed by atoms with Gasteiger partial charge in [0.2, 0.25) is 17.8 Å². The van der Waals surface area contributed by atoms with Crippen molar-refractivity contribution in [3.63, 3.8) is 0 Å².